The van der Waals surface area contributed by atoms with Crippen molar-refractivity contribution in [1.29, 1.82) is 0 Å². The van der Waals surface area contributed by atoms with Gasteiger partial charge in [-0.25, -0.2) is 0 Å². The first kappa shape index (κ1) is 44.2. The fourth-order valence-electron chi connectivity index (χ4n) is 0.313. The van der Waals surface area contributed by atoms with Gasteiger partial charge in [0.2, 0.25) is 0 Å². The molecule has 35 heavy (non-hydrogen) atoms. The first-order valence-electron chi connectivity index (χ1n) is 5.91. The molecule has 0 saturated heterocycles. The SMILES string of the molecule is F[P-](F)(F)(F)(F)F.F[P-](F)(F)(F)(F)F.F[P-](F)(F)(F)(F)F.F[P-](F)(F)(F)(F)F.[C+4].c1ccncc1. The molecule has 1 aromatic heterocycles. The summed E-state index contributed by atoms with van der Waals surface area (Å²) in [4.78, 5) is 3.78. The molecular weight excluding hydrogens is 666 g/mol. The van der Waals surface area contributed by atoms with Crippen molar-refractivity contribution < 1.29 is 101 Å². The molecule has 0 unspecified atom stereocenters. The molecule has 1 heterocycles. The van der Waals surface area contributed by atoms with Gasteiger partial charge in [-0.05, 0) is 12.1 Å². The molecule has 1 aromatic rings. The molecule has 29 heteroatoms. The van der Waals surface area contributed by atoms with Crippen LogP contribution in [0.2, 0.25) is 0 Å². The number of pyridine rings is 1. The van der Waals surface area contributed by atoms with Crippen molar-refractivity contribution in [2.45, 2.75) is 0 Å². The average molecular weight is 671 g/mol. The molecule has 0 bridgehead atoms. The Morgan fingerprint density at radius 3 is 0.429 bits per heavy atom. The molecular formula is C6H5F24NP4. The third-order valence-corrected chi connectivity index (χ3v) is 0.566. The molecule has 0 fully saturated rings. The first-order valence-corrected chi connectivity index (χ1v) is 14.0. The summed E-state index contributed by atoms with van der Waals surface area (Å²) in [5.41, 5.74) is 0. The zero-order valence-electron chi connectivity index (χ0n) is 14.7. The molecule has 0 aliphatic heterocycles. The maximum atomic E-state index is 9.87. The molecule has 0 aromatic carbocycles. The Morgan fingerprint density at radius 1 is 0.286 bits per heavy atom. The predicted octanol–water partition coefficient (Wildman–Crippen LogP) is 14.7. The minimum atomic E-state index is -10.7. The molecule has 222 valence electrons. The number of hydrogen-bond donors (Lipinski definition) is 0. The number of nitrogens with zero attached hydrogens (tertiary/aromatic N) is 1. The van der Waals surface area contributed by atoms with Gasteiger partial charge in [0, 0.05) is 12.4 Å². The molecule has 0 radical (unpaired) electrons. The van der Waals surface area contributed by atoms with Crippen molar-refractivity contribution in [3.05, 3.63) is 38.0 Å². The third-order valence-electron chi connectivity index (χ3n) is 0.566. The molecule has 0 spiro atoms. The van der Waals surface area contributed by atoms with Gasteiger partial charge in [-0.1, -0.05) is 6.07 Å². The standard InChI is InChI=1S/C5H5N.C.4F6P/c1-2-4-6-5-3-1;;4*1-7(2,3,4,5)6/h1-5H;;;;;/q;+4;4*-1. The van der Waals surface area contributed by atoms with E-state index in [0.717, 1.165) is 0 Å². The third kappa shape index (κ3) is 1200. The van der Waals surface area contributed by atoms with Crippen LogP contribution >= 0.6 is 31.2 Å². The zero-order valence-corrected chi connectivity index (χ0v) is 18.3. The van der Waals surface area contributed by atoms with Gasteiger partial charge in [0.05, 0.1) is 0 Å². The second-order valence-corrected chi connectivity index (χ2v) is 12.5. The monoisotopic (exact) mass is 671 g/mol. The normalized spacial score (nSPS) is 19.9. The predicted molar refractivity (Wildman–Crippen MR) is 81.8 cm³/mol. The molecule has 0 N–H and O–H groups in total. The topological polar surface area (TPSA) is 12.9 Å². The Labute approximate surface area is 176 Å². The zero-order chi connectivity index (χ0) is 29.9. The van der Waals surface area contributed by atoms with Crippen molar-refractivity contribution >= 4 is 31.2 Å². The van der Waals surface area contributed by atoms with E-state index in [1.165, 1.54) is 0 Å². The molecule has 1 rings (SSSR count). The van der Waals surface area contributed by atoms with Crippen LogP contribution in [0.5, 0.6) is 0 Å². The van der Waals surface area contributed by atoms with E-state index in [9.17, 15) is 101 Å². The largest absolute Gasteiger partial charge is 4.00 e. The van der Waals surface area contributed by atoms with Crippen LogP contribution in [-0.2, 0) is 0 Å². The minimum Gasteiger partial charge on any atom is -0.265 e. The number of halogens is 24. The van der Waals surface area contributed by atoms with Gasteiger partial charge in [-0.15, -0.1) is 0 Å². The van der Waals surface area contributed by atoms with Crippen LogP contribution in [0.1, 0.15) is 0 Å². The minimum absolute atomic E-state index is 0. The Kier molecular flexibility index (Phi) is 10.2. The summed E-state index contributed by atoms with van der Waals surface area (Å²) in [5.74, 6) is 0. The van der Waals surface area contributed by atoms with Gasteiger partial charge in [0.25, 0.3) is 0 Å². The van der Waals surface area contributed by atoms with Crippen molar-refractivity contribution in [2.24, 2.45) is 0 Å². The molecule has 0 aliphatic rings. The van der Waals surface area contributed by atoms with E-state index in [1.54, 1.807) is 12.4 Å². The van der Waals surface area contributed by atoms with Gasteiger partial charge >= 0.3 is 139 Å². The van der Waals surface area contributed by atoms with E-state index in [-0.39, 0.29) is 7.43 Å². The van der Waals surface area contributed by atoms with Crippen LogP contribution in [0.4, 0.5) is 101 Å². The Balaban J connectivity index is -0.000000106. The van der Waals surface area contributed by atoms with E-state index in [2.05, 4.69) is 4.98 Å². The molecule has 0 aliphatic carbocycles. The maximum Gasteiger partial charge on any atom is 4.00 e. The molecule has 1 nitrogen and oxygen atoms in total. The summed E-state index contributed by atoms with van der Waals surface area (Å²) in [6.45, 7) is 0. The fraction of sp³-hybridized carbons (Fsp3) is 0. The van der Waals surface area contributed by atoms with Crippen molar-refractivity contribution in [2.75, 3.05) is 0 Å². The van der Waals surface area contributed by atoms with E-state index >= 15 is 0 Å². The van der Waals surface area contributed by atoms with Gasteiger partial charge in [0.1, 0.15) is 0 Å². The number of rotatable bonds is 0. The second kappa shape index (κ2) is 8.09. The van der Waals surface area contributed by atoms with Crippen LogP contribution in [0.15, 0.2) is 30.6 Å². The summed E-state index contributed by atoms with van der Waals surface area (Å²) in [6.07, 6.45) is 3.50. The van der Waals surface area contributed by atoms with Crippen LogP contribution in [0.3, 0.4) is 0 Å². The summed E-state index contributed by atoms with van der Waals surface area (Å²) in [7, 11) is -42.6. The summed E-state index contributed by atoms with van der Waals surface area (Å²) in [5, 5.41) is 0. The van der Waals surface area contributed by atoms with Crippen molar-refractivity contribution in [3.8, 4) is 0 Å². The molecule has 0 atom stereocenters. The van der Waals surface area contributed by atoms with E-state index in [1.807, 2.05) is 18.2 Å². The average Bonchev–Trinajstić information content (AvgIpc) is 2.12. The number of aromatic nitrogens is 1. The van der Waals surface area contributed by atoms with Crippen LogP contribution in [0, 0.1) is 7.43 Å². The van der Waals surface area contributed by atoms with Gasteiger partial charge < -0.3 is 0 Å². The fourth-order valence-corrected chi connectivity index (χ4v) is 0.313. The maximum absolute atomic E-state index is 10.7. The summed E-state index contributed by atoms with van der Waals surface area (Å²) < 4.78 is 237. The Hall–Kier alpha value is -0.810. The van der Waals surface area contributed by atoms with Crippen LogP contribution in [0.25, 0.3) is 0 Å². The summed E-state index contributed by atoms with van der Waals surface area (Å²) >= 11 is 0. The molecule has 0 amide bonds. The van der Waals surface area contributed by atoms with Crippen molar-refractivity contribution in [3.63, 3.8) is 0 Å². The van der Waals surface area contributed by atoms with Gasteiger partial charge in [0.15, 0.2) is 0 Å². The van der Waals surface area contributed by atoms with Crippen LogP contribution in [-0.4, -0.2) is 4.98 Å². The Bertz CT molecular complexity index is 584. The van der Waals surface area contributed by atoms with Crippen molar-refractivity contribution in [1.82, 2.24) is 4.98 Å². The number of hydrogen-bond acceptors (Lipinski definition) is 1. The van der Waals surface area contributed by atoms with E-state index in [0.29, 0.717) is 0 Å². The smallest absolute Gasteiger partial charge is 0.265 e. The summed E-state index contributed by atoms with van der Waals surface area (Å²) in [6, 6.07) is 5.72. The van der Waals surface area contributed by atoms with E-state index in [4.69, 9.17) is 0 Å². The quantitative estimate of drug-likeness (QED) is 0.198. The molecule has 0 saturated carbocycles. The second-order valence-electron chi connectivity index (χ2n) is 4.86. The van der Waals surface area contributed by atoms with E-state index < -0.39 is 31.2 Å². The Morgan fingerprint density at radius 2 is 0.400 bits per heavy atom. The van der Waals surface area contributed by atoms with Gasteiger partial charge in [-0.3, -0.25) is 4.98 Å². The van der Waals surface area contributed by atoms with Crippen LogP contribution < -0.4 is 0 Å². The first-order chi connectivity index (χ1) is 12.8. The van der Waals surface area contributed by atoms with Gasteiger partial charge in [-0.2, -0.15) is 0 Å².